The number of Topliss-reactive ketones (excluding diaryl/α,β-unsaturated/α-hetero) is 2. The van der Waals surface area contributed by atoms with E-state index in [1.807, 2.05) is 45.3 Å². The number of cyclic esters (lactones) is 1. The topological polar surface area (TPSA) is 154 Å². The Balaban J connectivity index is 1.36. The number of hydrogen-bond donors (Lipinski definition) is 3. The fourth-order valence-corrected chi connectivity index (χ4v) is 10.9. The molecule has 0 spiro atoms. The molecule has 5 heterocycles. The number of likely N-dealkylation sites (N-methyl/N-ethyl adjacent to an activating group) is 1. The fourth-order valence-electron chi connectivity index (χ4n) is 10.1. The molecule has 3 N–H and O–H groups in total. The quantitative estimate of drug-likeness (QED) is 0.0984. The van der Waals surface area contributed by atoms with Crippen molar-refractivity contribution in [2.24, 2.45) is 35.0 Å². The van der Waals surface area contributed by atoms with Crippen LogP contribution in [-0.4, -0.2) is 83.4 Å². The lowest BCUT2D eigenvalue weighted by atomic mass is 9.84. The number of amides is 1. The van der Waals surface area contributed by atoms with Crippen LogP contribution in [0.25, 0.3) is 33.4 Å². The highest BCUT2D eigenvalue weighted by Crippen LogP contribution is 2.42. The number of carbonyl (C=O) groups is 4. The second-order valence-corrected chi connectivity index (χ2v) is 21.0. The van der Waals surface area contributed by atoms with Crippen LogP contribution in [-0.2, 0) is 48.0 Å². The summed E-state index contributed by atoms with van der Waals surface area (Å²) in [6.07, 6.45) is 7.19. The van der Waals surface area contributed by atoms with Crippen molar-refractivity contribution >= 4 is 45.7 Å². The molecule has 2 aliphatic rings. The van der Waals surface area contributed by atoms with E-state index in [0.717, 1.165) is 88.6 Å². The molecule has 1 amide bonds. The van der Waals surface area contributed by atoms with Crippen molar-refractivity contribution in [2.45, 2.75) is 145 Å². The van der Waals surface area contributed by atoms with Crippen molar-refractivity contribution in [1.82, 2.24) is 30.5 Å². The summed E-state index contributed by atoms with van der Waals surface area (Å²) in [5.74, 6) is -0.752. The summed E-state index contributed by atoms with van der Waals surface area (Å²) in [6, 6.07) is 9.29. The summed E-state index contributed by atoms with van der Waals surface area (Å²) in [5.41, 5.74) is 6.46. The highest BCUT2D eigenvalue weighted by Gasteiger charge is 2.34. The van der Waals surface area contributed by atoms with Gasteiger partial charge in [0.2, 0.25) is 5.91 Å². The van der Waals surface area contributed by atoms with Gasteiger partial charge in [-0.1, -0.05) is 67.4 Å². The number of ketones is 2. The van der Waals surface area contributed by atoms with Gasteiger partial charge in [0.1, 0.15) is 11.8 Å². The molecule has 1 saturated heterocycles. The molecule has 13 heteroatoms. The van der Waals surface area contributed by atoms with E-state index in [0.29, 0.717) is 44.4 Å². The molecule has 0 aliphatic carbocycles. The van der Waals surface area contributed by atoms with Gasteiger partial charge in [-0.15, -0.1) is 11.3 Å². The van der Waals surface area contributed by atoms with Gasteiger partial charge in [0.05, 0.1) is 40.8 Å². The molecule has 12 nitrogen and oxygen atoms in total. The Labute approximate surface area is 397 Å². The van der Waals surface area contributed by atoms with Crippen LogP contribution in [0.2, 0.25) is 0 Å². The van der Waals surface area contributed by atoms with Crippen LogP contribution < -0.4 is 16.0 Å². The zero-order valence-electron chi connectivity index (χ0n) is 41.3. The number of rotatable bonds is 15. The van der Waals surface area contributed by atoms with E-state index >= 15 is 0 Å². The first kappa shape index (κ1) is 51.1. The Kier molecular flexibility index (Phi) is 17.9. The van der Waals surface area contributed by atoms with Gasteiger partial charge in [0.25, 0.3) is 0 Å². The maximum absolute atomic E-state index is 14.5. The molecule has 360 valence electrons. The Bertz CT molecular complexity index is 2290. The summed E-state index contributed by atoms with van der Waals surface area (Å²) in [7, 11) is 1.70. The molecule has 2 aliphatic heterocycles. The van der Waals surface area contributed by atoms with E-state index in [1.54, 1.807) is 7.11 Å². The number of esters is 1. The van der Waals surface area contributed by atoms with E-state index < -0.39 is 17.5 Å². The molecule has 1 aromatic carbocycles. The van der Waals surface area contributed by atoms with Gasteiger partial charge < -0.3 is 30.0 Å². The molecule has 4 aromatic rings. The number of benzene rings is 1. The Morgan fingerprint density at radius 2 is 1.85 bits per heavy atom. The first-order valence-electron chi connectivity index (χ1n) is 24.6. The van der Waals surface area contributed by atoms with Crippen molar-refractivity contribution in [1.29, 1.82) is 0 Å². The highest BCUT2D eigenvalue weighted by molar-refractivity contribution is 7.10. The summed E-state index contributed by atoms with van der Waals surface area (Å²) in [6.45, 7) is 21.7. The Morgan fingerprint density at radius 3 is 2.55 bits per heavy atom. The number of aryl methyl sites for hydroxylation is 1. The lowest BCUT2D eigenvalue weighted by molar-refractivity contribution is -0.149. The minimum absolute atomic E-state index is 0.0391. The van der Waals surface area contributed by atoms with E-state index in [4.69, 9.17) is 19.4 Å². The summed E-state index contributed by atoms with van der Waals surface area (Å²) in [4.78, 5) is 65.7. The highest BCUT2D eigenvalue weighted by atomic mass is 32.1. The third kappa shape index (κ3) is 12.2. The fraction of sp³-hybridized carbons (Fsp3) is 0.623. The van der Waals surface area contributed by atoms with Crippen molar-refractivity contribution in [3.63, 3.8) is 0 Å². The summed E-state index contributed by atoms with van der Waals surface area (Å²) in [5, 5.41) is 13.8. The third-order valence-electron chi connectivity index (χ3n) is 14.1. The average Bonchev–Trinajstić information content (AvgIpc) is 4.08. The molecule has 0 radical (unpaired) electrons. The molecular weight excluding hydrogens is 849 g/mol. The van der Waals surface area contributed by atoms with Crippen molar-refractivity contribution in [3.8, 4) is 22.5 Å². The van der Waals surface area contributed by atoms with E-state index in [1.165, 1.54) is 11.3 Å². The first-order chi connectivity index (χ1) is 31.6. The number of methoxy groups -OCH3 is 1. The monoisotopic (exact) mass is 925 g/mol. The molecule has 2 unspecified atom stereocenters. The standard InChI is InChI=1S/C53H76N6O6S/c1-11-55-42-20-14-17-34(6)50(61)43(58-51(62)38(32(3)4)18-13-16-33(5)49(60)37-23-25-54-29-37)27-46-57-44(30-66-46)36-21-22-45-40(26-36)41(28-53(8,9)31-65-52(42)63)48(59(45)12-2)39-19-15-24-56-47(39)35(7)64-10/h15,19,21-22,24,26,30,32-35,37-38,42-43,54-55H,11-14,16-18,20,23,25,27-29,31H2,1-10H3,(H,58,62)/t33?,34?,35-,37+,38-,42-,43-/m0/s1. The Morgan fingerprint density at radius 1 is 1.06 bits per heavy atom. The summed E-state index contributed by atoms with van der Waals surface area (Å²) >= 11 is 1.51. The zero-order valence-corrected chi connectivity index (χ0v) is 42.1. The molecule has 4 bridgehead atoms. The number of ether oxygens (including phenoxy) is 2. The number of thiazole rings is 1. The van der Waals surface area contributed by atoms with Gasteiger partial charge >= 0.3 is 5.97 Å². The zero-order chi connectivity index (χ0) is 47.7. The van der Waals surface area contributed by atoms with Crippen LogP contribution in [0.4, 0.5) is 0 Å². The molecule has 66 heavy (non-hydrogen) atoms. The maximum atomic E-state index is 14.5. The van der Waals surface area contributed by atoms with Crippen LogP contribution in [0.5, 0.6) is 0 Å². The molecule has 6 rings (SSSR count). The van der Waals surface area contributed by atoms with Gasteiger partial charge in [0.15, 0.2) is 5.78 Å². The number of pyridine rings is 1. The van der Waals surface area contributed by atoms with Crippen LogP contribution in [0.3, 0.4) is 0 Å². The molecule has 3 aromatic heterocycles. The average molecular weight is 925 g/mol. The van der Waals surface area contributed by atoms with Crippen LogP contribution in [0.1, 0.15) is 130 Å². The minimum Gasteiger partial charge on any atom is -0.464 e. The number of hydrogen-bond acceptors (Lipinski definition) is 11. The third-order valence-corrected chi connectivity index (χ3v) is 14.9. The van der Waals surface area contributed by atoms with Gasteiger partial charge in [-0.05, 0) is 101 Å². The van der Waals surface area contributed by atoms with E-state index in [2.05, 4.69) is 79.4 Å². The second-order valence-electron chi connectivity index (χ2n) is 20.1. The molecule has 1 fully saturated rings. The van der Waals surface area contributed by atoms with Gasteiger partial charge in [-0.25, -0.2) is 4.98 Å². The molecule has 7 atom stereocenters. The minimum atomic E-state index is -0.774. The molecular formula is C53H76N6O6S. The number of carbonyl (C=O) groups excluding carboxylic acids is 4. The van der Waals surface area contributed by atoms with Gasteiger partial charge in [0, 0.05) is 89.3 Å². The number of fused-ring (bicyclic) bond motifs is 4. The maximum Gasteiger partial charge on any atom is 0.323 e. The Hall–Kier alpha value is -4.30. The summed E-state index contributed by atoms with van der Waals surface area (Å²) < 4.78 is 14.4. The van der Waals surface area contributed by atoms with Gasteiger partial charge in [-0.3, -0.25) is 24.2 Å². The normalized spacial score (nSPS) is 22.3. The first-order valence-corrected chi connectivity index (χ1v) is 25.5. The predicted octanol–water partition coefficient (Wildman–Crippen LogP) is 9.32. The SMILES string of the molecule is CCN[C@H]1CCCC(C)C(=O)[C@@H](NC(=O)[C@@H](CCCC(C)C(=O)[C@@H]2CCNC2)C(C)C)Cc2nc(cs2)-c2ccc3c(c2)c(c(-c2cccnc2[C@H](C)OC)n3CC)CC(C)(C)COC1=O. The number of aromatic nitrogens is 3. The van der Waals surface area contributed by atoms with E-state index in [9.17, 15) is 19.2 Å². The van der Waals surface area contributed by atoms with E-state index in [-0.39, 0.29) is 66.4 Å². The van der Waals surface area contributed by atoms with Crippen molar-refractivity contribution < 1.29 is 28.7 Å². The number of nitrogens with zero attached hydrogens (tertiary/aromatic N) is 3. The molecule has 0 saturated carbocycles. The van der Waals surface area contributed by atoms with Crippen LogP contribution in [0, 0.1) is 35.0 Å². The van der Waals surface area contributed by atoms with Crippen LogP contribution >= 0.6 is 11.3 Å². The largest absolute Gasteiger partial charge is 0.464 e. The van der Waals surface area contributed by atoms with Crippen molar-refractivity contribution in [3.05, 3.63) is 58.2 Å². The van der Waals surface area contributed by atoms with Gasteiger partial charge in [-0.2, -0.15) is 0 Å². The van der Waals surface area contributed by atoms with Crippen molar-refractivity contribution in [2.75, 3.05) is 33.4 Å². The van der Waals surface area contributed by atoms with Crippen LogP contribution in [0.15, 0.2) is 41.9 Å². The number of nitrogens with one attached hydrogen (secondary N) is 3. The lowest BCUT2D eigenvalue weighted by Crippen LogP contribution is -2.47. The smallest absolute Gasteiger partial charge is 0.323 e. The lowest BCUT2D eigenvalue weighted by Gasteiger charge is -2.27. The second kappa shape index (κ2) is 23.1. The predicted molar refractivity (Wildman–Crippen MR) is 264 cm³/mol.